The van der Waals surface area contributed by atoms with E-state index in [1.807, 2.05) is 6.92 Å². The van der Waals surface area contributed by atoms with E-state index in [0.29, 0.717) is 11.4 Å². The average molecular weight is 455 g/mol. The van der Waals surface area contributed by atoms with Crippen LogP contribution in [0.1, 0.15) is 25.5 Å². The van der Waals surface area contributed by atoms with Crippen LogP contribution in [0.15, 0.2) is 51.7 Å². The molecule has 0 bridgehead atoms. The SMILES string of the molecule is CCCCOC(=O)COc1ccc2c(=O)c(-c3ccc(Cl)cc3)c(C(F)(F)F)oc2c1. The molecular formula is C22H18ClF3O5. The molecule has 0 aliphatic heterocycles. The van der Waals surface area contributed by atoms with E-state index in [4.69, 9.17) is 25.5 Å². The number of carbonyl (C=O) groups is 1. The molecule has 0 aliphatic carbocycles. The molecule has 0 unspecified atom stereocenters. The summed E-state index contributed by atoms with van der Waals surface area (Å²) in [5, 5.41) is 0.258. The Balaban J connectivity index is 1.98. The summed E-state index contributed by atoms with van der Waals surface area (Å²) in [6, 6.07) is 9.20. The molecule has 2 aromatic carbocycles. The first-order chi connectivity index (χ1) is 14.7. The normalized spacial score (nSPS) is 11.5. The second-order valence-electron chi connectivity index (χ2n) is 6.66. The summed E-state index contributed by atoms with van der Waals surface area (Å²) in [4.78, 5) is 24.5. The standard InChI is InChI=1S/C22H18ClF3O5/c1-2-3-10-29-18(27)12-30-15-8-9-16-17(11-15)31-21(22(24,25)26)19(20(16)28)13-4-6-14(23)7-5-13/h4-9,11H,2-3,10,12H2,1H3. The summed E-state index contributed by atoms with van der Waals surface area (Å²) in [7, 11) is 0. The molecule has 3 aromatic rings. The van der Waals surface area contributed by atoms with Crippen LogP contribution in [0.3, 0.4) is 0 Å². The molecule has 0 N–H and O–H groups in total. The van der Waals surface area contributed by atoms with Gasteiger partial charge in [-0.2, -0.15) is 13.2 Å². The van der Waals surface area contributed by atoms with Gasteiger partial charge in [0.1, 0.15) is 11.3 Å². The van der Waals surface area contributed by atoms with Crippen LogP contribution in [-0.4, -0.2) is 19.2 Å². The van der Waals surface area contributed by atoms with Crippen molar-refractivity contribution in [1.29, 1.82) is 0 Å². The third kappa shape index (κ3) is 5.38. The fourth-order valence-electron chi connectivity index (χ4n) is 2.86. The lowest BCUT2D eigenvalue weighted by Gasteiger charge is -2.13. The van der Waals surface area contributed by atoms with Crippen molar-refractivity contribution in [2.45, 2.75) is 25.9 Å². The zero-order valence-corrected chi connectivity index (χ0v) is 17.2. The number of rotatable bonds is 7. The van der Waals surface area contributed by atoms with Gasteiger partial charge in [-0.1, -0.05) is 37.1 Å². The molecule has 0 saturated carbocycles. The van der Waals surface area contributed by atoms with Gasteiger partial charge in [-0.05, 0) is 36.2 Å². The number of halogens is 4. The number of ether oxygens (including phenoxy) is 2. The predicted molar refractivity (Wildman–Crippen MR) is 109 cm³/mol. The van der Waals surface area contributed by atoms with Crippen molar-refractivity contribution in [3.8, 4) is 16.9 Å². The fraction of sp³-hybridized carbons (Fsp3) is 0.273. The monoisotopic (exact) mass is 454 g/mol. The molecule has 1 heterocycles. The van der Waals surface area contributed by atoms with E-state index in [0.717, 1.165) is 12.5 Å². The molecule has 0 aliphatic rings. The van der Waals surface area contributed by atoms with E-state index in [1.54, 1.807) is 0 Å². The Bertz CT molecular complexity index is 1140. The molecule has 164 valence electrons. The third-order valence-corrected chi connectivity index (χ3v) is 4.62. The van der Waals surface area contributed by atoms with Crippen molar-refractivity contribution in [2.75, 3.05) is 13.2 Å². The van der Waals surface area contributed by atoms with Gasteiger partial charge >= 0.3 is 12.1 Å². The first-order valence-corrected chi connectivity index (χ1v) is 9.81. The highest BCUT2D eigenvalue weighted by atomic mass is 35.5. The van der Waals surface area contributed by atoms with E-state index in [2.05, 4.69) is 0 Å². The zero-order valence-electron chi connectivity index (χ0n) is 16.4. The van der Waals surface area contributed by atoms with Gasteiger partial charge in [0.25, 0.3) is 0 Å². The molecular weight excluding hydrogens is 437 g/mol. The van der Waals surface area contributed by atoms with Crippen LogP contribution in [0.4, 0.5) is 13.2 Å². The van der Waals surface area contributed by atoms with Crippen molar-refractivity contribution in [1.82, 2.24) is 0 Å². The van der Waals surface area contributed by atoms with Crippen molar-refractivity contribution in [2.24, 2.45) is 0 Å². The van der Waals surface area contributed by atoms with Gasteiger partial charge in [-0.3, -0.25) is 4.79 Å². The van der Waals surface area contributed by atoms with Gasteiger partial charge in [0, 0.05) is 11.1 Å². The largest absolute Gasteiger partial charge is 0.482 e. The summed E-state index contributed by atoms with van der Waals surface area (Å²) in [5.74, 6) is -1.97. The van der Waals surface area contributed by atoms with Crippen LogP contribution in [0, 0.1) is 0 Å². The zero-order chi connectivity index (χ0) is 22.6. The Hall–Kier alpha value is -3.00. The molecule has 0 amide bonds. The lowest BCUT2D eigenvalue weighted by atomic mass is 10.0. The highest BCUT2D eigenvalue weighted by Crippen LogP contribution is 2.38. The Morgan fingerprint density at radius 1 is 1.13 bits per heavy atom. The molecule has 0 fully saturated rings. The summed E-state index contributed by atoms with van der Waals surface area (Å²) < 4.78 is 56.3. The molecule has 1 aromatic heterocycles. The Labute approximate surface area is 180 Å². The molecule has 5 nitrogen and oxygen atoms in total. The first kappa shape index (κ1) is 22.7. The van der Waals surface area contributed by atoms with Crippen molar-refractivity contribution >= 4 is 28.5 Å². The van der Waals surface area contributed by atoms with Crippen LogP contribution in [0.25, 0.3) is 22.1 Å². The predicted octanol–water partition coefficient (Wildman–Crippen LogP) is 5.85. The topological polar surface area (TPSA) is 65.7 Å². The van der Waals surface area contributed by atoms with Gasteiger partial charge < -0.3 is 13.9 Å². The maximum atomic E-state index is 13.7. The molecule has 31 heavy (non-hydrogen) atoms. The van der Waals surface area contributed by atoms with Crippen LogP contribution < -0.4 is 10.2 Å². The highest BCUT2D eigenvalue weighted by molar-refractivity contribution is 6.30. The fourth-order valence-corrected chi connectivity index (χ4v) is 2.98. The van der Waals surface area contributed by atoms with Crippen LogP contribution in [0.5, 0.6) is 5.75 Å². The number of hydrogen-bond acceptors (Lipinski definition) is 5. The summed E-state index contributed by atoms with van der Waals surface area (Å²) in [6.07, 6.45) is -3.34. The van der Waals surface area contributed by atoms with Gasteiger partial charge in [0.05, 0.1) is 17.6 Å². The van der Waals surface area contributed by atoms with Gasteiger partial charge in [0.15, 0.2) is 6.61 Å². The molecule has 0 atom stereocenters. The second kappa shape index (κ2) is 9.43. The average Bonchev–Trinajstić information content (AvgIpc) is 2.72. The minimum Gasteiger partial charge on any atom is -0.482 e. The molecule has 0 saturated heterocycles. The van der Waals surface area contributed by atoms with Crippen LogP contribution >= 0.6 is 11.6 Å². The smallest absolute Gasteiger partial charge is 0.450 e. The number of esters is 1. The van der Waals surface area contributed by atoms with Gasteiger partial charge in [0.2, 0.25) is 11.2 Å². The van der Waals surface area contributed by atoms with E-state index >= 15 is 0 Å². The van der Waals surface area contributed by atoms with E-state index < -0.39 is 35.5 Å². The number of benzene rings is 2. The summed E-state index contributed by atoms with van der Waals surface area (Å²) in [5.41, 5.74) is -1.74. The maximum absolute atomic E-state index is 13.7. The molecule has 0 spiro atoms. The van der Waals surface area contributed by atoms with Gasteiger partial charge in [-0.25, -0.2) is 4.79 Å². The molecule has 3 rings (SSSR count). The Morgan fingerprint density at radius 2 is 1.84 bits per heavy atom. The number of hydrogen-bond donors (Lipinski definition) is 0. The molecule has 0 radical (unpaired) electrons. The number of alkyl halides is 3. The minimum absolute atomic E-state index is 0.0301. The number of carbonyl (C=O) groups excluding carboxylic acids is 1. The summed E-state index contributed by atoms with van der Waals surface area (Å²) >= 11 is 5.80. The first-order valence-electron chi connectivity index (χ1n) is 9.43. The van der Waals surface area contributed by atoms with E-state index in [9.17, 15) is 22.8 Å². The number of fused-ring (bicyclic) bond motifs is 1. The molecule has 9 heteroatoms. The van der Waals surface area contributed by atoms with Crippen LogP contribution in [-0.2, 0) is 15.7 Å². The quantitative estimate of drug-likeness (QED) is 0.331. The maximum Gasteiger partial charge on any atom is 0.450 e. The van der Waals surface area contributed by atoms with Crippen molar-refractivity contribution in [3.05, 3.63) is 63.5 Å². The summed E-state index contributed by atoms with van der Waals surface area (Å²) in [6.45, 7) is 1.78. The van der Waals surface area contributed by atoms with Crippen LogP contribution in [0.2, 0.25) is 5.02 Å². The lowest BCUT2D eigenvalue weighted by molar-refractivity contribution is -0.152. The highest BCUT2D eigenvalue weighted by Gasteiger charge is 2.39. The van der Waals surface area contributed by atoms with E-state index in [-0.39, 0.29) is 28.9 Å². The Kier molecular flexibility index (Phi) is 6.90. The Morgan fingerprint density at radius 3 is 2.48 bits per heavy atom. The van der Waals surface area contributed by atoms with Crippen molar-refractivity contribution in [3.63, 3.8) is 0 Å². The second-order valence-corrected chi connectivity index (χ2v) is 7.10. The van der Waals surface area contributed by atoms with Gasteiger partial charge in [-0.15, -0.1) is 0 Å². The lowest BCUT2D eigenvalue weighted by Crippen LogP contribution is -2.17. The van der Waals surface area contributed by atoms with Crippen molar-refractivity contribution < 1.29 is 31.9 Å². The minimum atomic E-state index is -4.91. The van der Waals surface area contributed by atoms with E-state index in [1.165, 1.54) is 36.4 Å². The third-order valence-electron chi connectivity index (χ3n) is 4.37. The number of unbranched alkanes of at least 4 members (excludes halogenated alkanes) is 1.